The van der Waals surface area contributed by atoms with E-state index in [1.807, 2.05) is 0 Å². The van der Waals surface area contributed by atoms with Crippen LogP contribution in [-0.2, 0) is 4.79 Å². The first kappa shape index (κ1) is 18.5. The maximum Gasteiger partial charge on any atom is 0.283 e. The van der Waals surface area contributed by atoms with Crippen LogP contribution in [0.4, 0.5) is 0 Å². The topological polar surface area (TPSA) is 90.6 Å². The number of ether oxygens (including phenoxy) is 2. The van der Waals surface area contributed by atoms with Crippen LogP contribution in [0.2, 0.25) is 0 Å². The molecule has 9 heteroatoms. The van der Waals surface area contributed by atoms with Gasteiger partial charge >= 0.3 is 0 Å². The molecule has 146 valence electrons. The zero-order chi connectivity index (χ0) is 19.7. The van der Waals surface area contributed by atoms with Crippen molar-refractivity contribution in [3.05, 3.63) is 29.3 Å². The Morgan fingerprint density at radius 3 is 2.57 bits per heavy atom. The van der Waals surface area contributed by atoms with Gasteiger partial charge in [0, 0.05) is 13.1 Å². The summed E-state index contributed by atoms with van der Waals surface area (Å²) in [5.74, 6) is 0.748. The van der Waals surface area contributed by atoms with Gasteiger partial charge in [0.1, 0.15) is 0 Å². The fourth-order valence-corrected chi connectivity index (χ4v) is 4.25. The zero-order valence-electron chi connectivity index (χ0n) is 15.8. The van der Waals surface area contributed by atoms with Crippen molar-refractivity contribution >= 4 is 39.9 Å². The third kappa shape index (κ3) is 3.37. The zero-order valence-corrected chi connectivity index (χ0v) is 16.6. The molecule has 0 bridgehead atoms. The molecule has 1 N–H and O–H groups in total. The molecule has 0 unspecified atom stereocenters. The Balaban J connectivity index is 1.62. The number of carbonyl (C=O) groups is 1. The molecule has 1 amide bonds. The minimum Gasteiger partial charge on any atom is -0.493 e. The summed E-state index contributed by atoms with van der Waals surface area (Å²) in [6.45, 7) is 1.89. The van der Waals surface area contributed by atoms with Crippen molar-refractivity contribution in [1.29, 1.82) is 5.41 Å². The number of nitrogens with zero attached hydrogens (tertiary/aromatic N) is 4. The van der Waals surface area contributed by atoms with Crippen LogP contribution in [0.15, 0.2) is 33.9 Å². The number of rotatable bonds is 3. The number of methoxy groups -OCH3 is 2. The van der Waals surface area contributed by atoms with E-state index >= 15 is 0 Å². The van der Waals surface area contributed by atoms with E-state index in [4.69, 9.17) is 14.9 Å². The fourth-order valence-electron chi connectivity index (χ4n) is 3.30. The summed E-state index contributed by atoms with van der Waals surface area (Å²) < 4.78 is 10.5. The van der Waals surface area contributed by atoms with Gasteiger partial charge in [-0.05, 0) is 54.8 Å². The first-order valence-corrected chi connectivity index (χ1v) is 9.89. The molecule has 0 aromatic heterocycles. The van der Waals surface area contributed by atoms with Crippen molar-refractivity contribution in [1.82, 2.24) is 9.91 Å². The third-order valence-corrected chi connectivity index (χ3v) is 5.76. The minimum atomic E-state index is -0.436. The van der Waals surface area contributed by atoms with Crippen LogP contribution >= 0.6 is 11.8 Å². The molecule has 0 spiro atoms. The largest absolute Gasteiger partial charge is 0.493 e. The molecule has 0 atom stereocenters. The van der Waals surface area contributed by atoms with Crippen molar-refractivity contribution in [3.8, 4) is 11.5 Å². The molecule has 0 aliphatic carbocycles. The number of hydrazone groups is 1. The number of amidine groups is 3. The Hall–Kier alpha value is -2.81. The van der Waals surface area contributed by atoms with Crippen LogP contribution in [0.5, 0.6) is 11.5 Å². The lowest BCUT2D eigenvalue weighted by atomic mass is 10.1. The number of carbonyl (C=O) groups excluding carboxylic acids is 1. The average molecular weight is 399 g/mol. The van der Waals surface area contributed by atoms with E-state index in [1.165, 1.54) is 23.2 Å². The Kier molecular flexibility index (Phi) is 5.08. The summed E-state index contributed by atoms with van der Waals surface area (Å²) >= 11 is 1.35. The SMILES string of the molecule is COc1ccc(/C=C2/C(=N)N3N=C(N4CCCCC4)SC3=NC2=O)cc1OC. The molecule has 3 aliphatic heterocycles. The van der Waals surface area contributed by atoms with Crippen LogP contribution in [0.3, 0.4) is 0 Å². The predicted octanol–water partition coefficient (Wildman–Crippen LogP) is 2.77. The van der Waals surface area contributed by atoms with Gasteiger partial charge in [-0.25, -0.2) is 0 Å². The van der Waals surface area contributed by atoms with Crippen LogP contribution < -0.4 is 9.47 Å². The molecule has 1 aromatic rings. The Labute approximate surface area is 167 Å². The van der Waals surface area contributed by atoms with Gasteiger partial charge in [-0.15, -0.1) is 5.10 Å². The van der Waals surface area contributed by atoms with E-state index in [-0.39, 0.29) is 11.4 Å². The number of piperidine rings is 1. The highest BCUT2D eigenvalue weighted by molar-refractivity contribution is 8.26. The van der Waals surface area contributed by atoms with Crippen molar-refractivity contribution < 1.29 is 14.3 Å². The van der Waals surface area contributed by atoms with Gasteiger partial charge in [0.05, 0.1) is 19.8 Å². The average Bonchev–Trinajstić information content (AvgIpc) is 3.15. The van der Waals surface area contributed by atoms with Crippen molar-refractivity contribution in [2.45, 2.75) is 19.3 Å². The molecule has 1 saturated heterocycles. The smallest absolute Gasteiger partial charge is 0.283 e. The van der Waals surface area contributed by atoms with E-state index in [0.717, 1.165) is 36.7 Å². The van der Waals surface area contributed by atoms with Crippen LogP contribution in [-0.4, -0.2) is 59.3 Å². The minimum absolute atomic E-state index is 0.0318. The predicted molar refractivity (Wildman–Crippen MR) is 110 cm³/mol. The van der Waals surface area contributed by atoms with Gasteiger partial charge < -0.3 is 14.4 Å². The van der Waals surface area contributed by atoms with Crippen molar-refractivity contribution in [3.63, 3.8) is 0 Å². The van der Waals surface area contributed by atoms with Crippen LogP contribution in [0, 0.1) is 5.41 Å². The second-order valence-corrected chi connectivity index (χ2v) is 7.50. The van der Waals surface area contributed by atoms with Gasteiger partial charge in [-0.1, -0.05) is 6.07 Å². The second kappa shape index (κ2) is 7.67. The molecule has 28 heavy (non-hydrogen) atoms. The van der Waals surface area contributed by atoms with E-state index < -0.39 is 5.91 Å². The van der Waals surface area contributed by atoms with Gasteiger partial charge in [-0.2, -0.15) is 10.0 Å². The van der Waals surface area contributed by atoms with Crippen molar-refractivity contribution in [2.75, 3.05) is 27.3 Å². The van der Waals surface area contributed by atoms with Crippen LogP contribution in [0.1, 0.15) is 24.8 Å². The quantitative estimate of drug-likeness (QED) is 0.786. The Morgan fingerprint density at radius 1 is 1.11 bits per heavy atom. The standard InChI is InChI=1S/C19H21N5O3S/c1-26-14-7-6-12(11-15(14)27-2)10-13-16(20)24-18(21-17(13)25)28-19(22-24)23-8-4-3-5-9-23/h6-7,10-11,20H,3-5,8-9H2,1-2H3/b13-10-,20-16?. The van der Waals surface area contributed by atoms with E-state index in [0.29, 0.717) is 16.7 Å². The summed E-state index contributed by atoms with van der Waals surface area (Å²) in [5.41, 5.74) is 0.914. The lowest BCUT2D eigenvalue weighted by Crippen LogP contribution is -2.35. The summed E-state index contributed by atoms with van der Waals surface area (Å²) in [6.07, 6.45) is 5.12. The summed E-state index contributed by atoms with van der Waals surface area (Å²) in [4.78, 5) is 18.9. The number of amides is 1. The van der Waals surface area contributed by atoms with Gasteiger partial charge in [0.25, 0.3) is 5.91 Å². The summed E-state index contributed by atoms with van der Waals surface area (Å²) in [7, 11) is 3.12. The number of likely N-dealkylation sites (tertiary alicyclic amines) is 1. The number of aliphatic imine (C=N–C) groups is 1. The molecule has 4 rings (SSSR count). The van der Waals surface area contributed by atoms with E-state index in [9.17, 15) is 4.79 Å². The first-order chi connectivity index (χ1) is 13.6. The molecule has 3 heterocycles. The summed E-state index contributed by atoms with van der Waals surface area (Å²) in [5, 5.41) is 15.7. The molecule has 0 saturated carbocycles. The Bertz CT molecular complexity index is 918. The molecule has 1 fully saturated rings. The molecular weight excluding hydrogens is 378 g/mol. The summed E-state index contributed by atoms with van der Waals surface area (Å²) in [6, 6.07) is 5.32. The molecule has 3 aliphatic rings. The molecule has 1 aromatic carbocycles. The number of fused-ring (bicyclic) bond motifs is 1. The van der Waals surface area contributed by atoms with E-state index in [1.54, 1.807) is 38.5 Å². The third-order valence-electron chi connectivity index (χ3n) is 4.79. The van der Waals surface area contributed by atoms with Crippen molar-refractivity contribution in [2.24, 2.45) is 10.1 Å². The molecule has 0 radical (unpaired) electrons. The highest BCUT2D eigenvalue weighted by Crippen LogP contribution is 2.32. The highest BCUT2D eigenvalue weighted by atomic mass is 32.2. The normalized spacial score (nSPS) is 20.9. The maximum atomic E-state index is 12.6. The molecule has 8 nitrogen and oxygen atoms in total. The Morgan fingerprint density at radius 2 is 1.86 bits per heavy atom. The van der Waals surface area contributed by atoms with E-state index in [2.05, 4.69) is 15.0 Å². The fraction of sp³-hybridized carbons (Fsp3) is 0.368. The van der Waals surface area contributed by atoms with Gasteiger partial charge in [-0.3, -0.25) is 10.2 Å². The number of hydrogen-bond donors (Lipinski definition) is 1. The molecular formula is C19H21N5O3S. The van der Waals surface area contributed by atoms with Crippen LogP contribution in [0.25, 0.3) is 6.08 Å². The van der Waals surface area contributed by atoms with Gasteiger partial charge in [0.2, 0.25) is 5.17 Å². The lowest BCUT2D eigenvalue weighted by molar-refractivity contribution is -0.114. The maximum absolute atomic E-state index is 12.6. The lowest BCUT2D eigenvalue weighted by Gasteiger charge is -2.26. The monoisotopic (exact) mass is 399 g/mol. The first-order valence-electron chi connectivity index (χ1n) is 9.08. The second-order valence-electron chi connectivity index (χ2n) is 6.56. The highest BCUT2D eigenvalue weighted by Gasteiger charge is 2.37. The van der Waals surface area contributed by atoms with Gasteiger partial charge in [0.15, 0.2) is 22.5 Å². The number of benzene rings is 1. The number of thioether (sulfide) groups is 1. The number of nitrogens with one attached hydrogen (secondary N) is 1. The number of hydrogen-bond acceptors (Lipinski definition) is 7.